The highest BCUT2D eigenvalue weighted by atomic mass is 35.5. The second kappa shape index (κ2) is 11.5. The van der Waals surface area contributed by atoms with Crippen LogP contribution in [0.1, 0.15) is 44.7 Å². The van der Waals surface area contributed by atoms with E-state index in [-0.39, 0.29) is 64.7 Å². The number of nitrogens with zero attached hydrogens (tertiary/aromatic N) is 1. The van der Waals surface area contributed by atoms with Crippen LogP contribution in [0.3, 0.4) is 0 Å². The van der Waals surface area contributed by atoms with E-state index in [0.717, 1.165) is 6.42 Å². The maximum absolute atomic E-state index is 14.0. The summed E-state index contributed by atoms with van der Waals surface area (Å²) in [5, 5.41) is 14.1. The molecule has 0 amide bonds. The monoisotopic (exact) mass is 599 g/mol. The van der Waals surface area contributed by atoms with Crippen LogP contribution in [-0.2, 0) is 20.4 Å². The van der Waals surface area contributed by atoms with Crippen molar-refractivity contribution in [2.45, 2.75) is 43.9 Å². The van der Waals surface area contributed by atoms with Gasteiger partial charge >= 0.3 is 0 Å². The zero-order valence-corrected chi connectivity index (χ0v) is 24.2. The second-order valence-corrected chi connectivity index (χ2v) is 13.1. The predicted octanol–water partition coefficient (Wildman–Crippen LogP) is 4.41. The number of rotatable bonds is 9. The maximum atomic E-state index is 14.0. The van der Waals surface area contributed by atoms with E-state index in [1.165, 1.54) is 18.2 Å². The number of hydrogen-bond donors (Lipinski definition) is 7. The van der Waals surface area contributed by atoms with Crippen molar-refractivity contribution in [2.75, 3.05) is 23.1 Å². The van der Waals surface area contributed by atoms with Gasteiger partial charge in [-0.2, -0.15) is 13.1 Å². The minimum Gasteiger partial charge on any atom is -0.506 e. The first kappa shape index (κ1) is 30.9. The van der Waals surface area contributed by atoms with Crippen molar-refractivity contribution < 1.29 is 27.4 Å². The quantitative estimate of drug-likeness (QED) is 0.221. The van der Waals surface area contributed by atoms with Gasteiger partial charge in [-0.05, 0) is 49.4 Å². The number of aliphatic hydroxyl groups excluding tert-OH is 1. The molecule has 0 saturated heterocycles. The number of halogens is 1. The van der Waals surface area contributed by atoms with Crippen LogP contribution < -0.4 is 20.5 Å². The summed E-state index contributed by atoms with van der Waals surface area (Å²) in [4.78, 5) is 13.9. The largest absolute Gasteiger partial charge is 0.506 e. The number of aliphatic hydroxyl groups is 1. The molecule has 1 heterocycles. The van der Waals surface area contributed by atoms with E-state index in [9.17, 15) is 27.4 Å². The Kier molecular flexibility index (Phi) is 9.07. The highest BCUT2D eigenvalue weighted by Gasteiger charge is 2.46. The van der Waals surface area contributed by atoms with Crippen LogP contribution in [0.4, 0.5) is 11.4 Å². The molecule has 214 valence electrons. The average molecular weight is 600 g/mol. The molecule has 0 spiro atoms. The summed E-state index contributed by atoms with van der Waals surface area (Å²) in [6.07, 6.45) is 1.29. The van der Waals surface area contributed by atoms with Crippen molar-refractivity contribution in [3.05, 3.63) is 59.2 Å². The van der Waals surface area contributed by atoms with Crippen molar-refractivity contribution in [3.8, 4) is 0 Å². The Morgan fingerprint density at radius 1 is 1.18 bits per heavy atom. The van der Waals surface area contributed by atoms with Crippen LogP contribution in [0.25, 0.3) is 5.76 Å². The van der Waals surface area contributed by atoms with E-state index >= 15 is 0 Å². The normalized spacial score (nSPS) is 20.8. The maximum Gasteiger partial charge on any atom is 0.299 e. The molecule has 2 aromatic rings. The first-order valence-corrected chi connectivity index (χ1v) is 15.1. The molecule has 1 aliphatic heterocycles. The molecule has 0 saturated carbocycles. The molecule has 11 nitrogen and oxygen atoms in total. The Morgan fingerprint density at radius 3 is 2.54 bits per heavy atom. The lowest BCUT2D eigenvalue weighted by Crippen LogP contribution is -2.42. The summed E-state index contributed by atoms with van der Waals surface area (Å²) in [7, 11) is -7.80. The molecule has 0 fully saturated rings. The fourth-order valence-corrected chi connectivity index (χ4v) is 6.68. The summed E-state index contributed by atoms with van der Waals surface area (Å²) in [5.74, 6) is -0.499. The summed E-state index contributed by atoms with van der Waals surface area (Å²) >= 11 is 0. The molecule has 39 heavy (non-hydrogen) atoms. The van der Waals surface area contributed by atoms with Gasteiger partial charge in [-0.3, -0.25) is 18.6 Å². The Bertz CT molecular complexity index is 1440. The van der Waals surface area contributed by atoms with E-state index in [1.807, 2.05) is 19.1 Å². The number of carbonyl (C=O) groups excluding carboxylic acids is 1. The minimum atomic E-state index is -3.93. The molecule has 0 bridgehead atoms. The first-order chi connectivity index (χ1) is 17.8. The van der Waals surface area contributed by atoms with Gasteiger partial charge < -0.3 is 16.2 Å². The molecular formula is C25H34ClN5O6S2. The molecule has 14 heteroatoms. The van der Waals surface area contributed by atoms with Crippen LogP contribution in [-0.4, -0.2) is 47.3 Å². The smallest absolute Gasteiger partial charge is 0.299 e. The van der Waals surface area contributed by atoms with E-state index in [2.05, 4.69) is 33.0 Å². The van der Waals surface area contributed by atoms with Gasteiger partial charge in [0.05, 0.1) is 16.8 Å². The summed E-state index contributed by atoms with van der Waals surface area (Å²) in [5.41, 5.74) is 5.71. The van der Waals surface area contributed by atoms with Crippen molar-refractivity contribution in [2.24, 2.45) is 16.0 Å². The number of hydrogen-bond acceptors (Lipinski definition) is 9. The topological polar surface area (TPSA) is 186 Å². The van der Waals surface area contributed by atoms with Gasteiger partial charge in [-0.1, -0.05) is 48.9 Å². The van der Waals surface area contributed by atoms with Gasteiger partial charge in [-0.15, -0.1) is 16.8 Å². The third-order valence-corrected chi connectivity index (χ3v) is 9.09. The number of ketones is 1. The lowest BCUT2D eigenvalue weighted by atomic mass is 9.66. The van der Waals surface area contributed by atoms with Gasteiger partial charge in [0.25, 0.3) is 10.2 Å². The summed E-state index contributed by atoms with van der Waals surface area (Å²) in [6.45, 7) is 6.10. The van der Waals surface area contributed by atoms with Gasteiger partial charge in [0.1, 0.15) is 16.2 Å². The fourth-order valence-electron chi connectivity index (χ4n) is 4.59. The Labute approximate surface area is 236 Å². The number of nitrogens with one attached hydrogen (secondary N) is 3. The van der Waals surface area contributed by atoms with E-state index in [0.29, 0.717) is 23.5 Å². The number of anilines is 2. The molecular weight excluding hydrogens is 566 g/mol. The zero-order chi connectivity index (χ0) is 27.9. The number of fused-ring (bicyclic) bond motifs is 2. The Hall–Kier alpha value is -2.65. The standard InChI is InChI=1S/C25H33N5O6S2.ClH/c1-15(2)10-11-25(3)18-7-5-4-6-17(18)22(31)21(23(25)32)24-28-19-9-8-16(14-20(19)37(33,34)30-24)29-38(35,36)27-13-12-26;/h4-9,14-15,27,29,31,33-34H,10-13,26H2,1-3H3,(H,28,30);1H. The van der Waals surface area contributed by atoms with Gasteiger partial charge in [0, 0.05) is 18.7 Å². The van der Waals surface area contributed by atoms with Crippen molar-refractivity contribution in [1.29, 1.82) is 0 Å². The lowest BCUT2D eigenvalue weighted by Gasteiger charge is -2.39. The second-order valence-electron chi connectivity index (χ2n) is 9.95. The number of Topliss-reactive ketones (excluding diaryl/α,β-unsaturated/α-hetero) is 1. The molecule has 1 unspecified atom stereocenters. The zero-order valence-electron chi connectivity index (χ0n) is 21.8. The van der Waals surface area contributed by atoms with Gasteiger partial charge in [-0.25, -0.2) is 0 Å². The SMILES string of the molecule is CC(C)CCC1(C)C(=O)C(C2=NS(O)(O)c3cc(NS(=O)(=O)NCCN)ccc3N2)=C(O)c2ccccc21.Cl. The fraction of sp³-hybridized carbons (Fsp3) is 0.360. The Balaban J connectivity index is 0.00000420. The lowest BCUT2D eigenvalue weighted by molar-refractivity contribution is -0.120. The predicted molar refractivity (Wildman–Crippen MR) is 158 cm³/mol. The molecule has 0 radical (unpaired) electrons. The number of carbonyl (C=O) groups is 1. The van der Waals surface area contributed by atoms with E-state index in [4.69, 9.17) is 5.73 Å². The van der Waals surface area contributed by atoms with Crippen LogP contribution in [0.2, 0.25) is 0 Å². The number of amidine groups is 1. The molecule has 1 atom stereocenters. The first-order valence-electron chi connectivity index (χ1n) is 12.1. The van der Waals surface area contributed by atoms with E-state index in [1.54, 1.807) is 12.1 Å². The third kappa shape index (κ3) is 6.09. The number of benzene rings is 2. The molecule has 8 N–H and O–H groups in total. The Morgan fingerprint density at radius 2 is 1.87 bits per heavy atom. The van der Waals surface area contributed by atoms with Crippen LogP contribution >= 0.6 is 23.2 Å². The highest BCUT2D eigenvalue weighted by molar-refractivity contribution is 8.23. The third-order valence-electron chi connectivity index (χ3n) is 6.64. The van der Waals surface area contributed by atoms with E-state index < -0.39 is 26.4 Å². The molecule has 4 rings (SSSR count). The average Bonchev–Trinajstić information content (AvgIpc) is 2.85. The number of nitrogens with two attached hydrogens (primary N) is 1. The van der Waals surface area contributed by atoms with Crippen LogP contribution in [0.15, 0.2) is 57.3 Å². The highest BCUT2D eigenvalue weighted by Crippen LogP contribution is 2.57. The van der Waals surface area contributed by atoms with Crippen molar-refractivity contribution >= 4 is 62.1 Å². The molecule has 0 aromatic heterocycles. The van der Waals surface area contributed by atoms with Crippen LogP contribution in [0.5, 0.6) is 0 Å². The van der Waals surface area contributed by atoms with Crippen molar-refractivity contribution in [1.82, 2.24) is 4.72 Å². The minimum absolute atomic E-state index is 0. The van der Waals surface area contributed by atoms with Gasteiger partial charge in [0.15, 0.2) is 11.6 Å². The summed E-state index contributed by atoms with van der Waals surface area (Å²) in [6, 6.07) is 11.2. The molecule has 2 aromatic carbocycles. The van der Waals surface area contributed by atoms with Gasteiger partial charge in [0.2, 0.25) is 0 Å². The molecule has 1 aliphatic carbocycles. The summed E-state index contributed by atoms with van der Waals surface area (Å²) < 4.78 is 54.8. The van der Waals surface area contributed by atoms with Crippen molar-refractivity contribution in [3.63, 3.8) is 0 Å². The molecule has 2 aliphatic rings. The van der Waals surface area contributed by atoms with Crippen LogP contribution in [0, 0.1) is 5.92 Å².